The first-order chi connectivity index (χ1) is 7.79. The lowest BCUT2D eigenvalue weighted by molar-refractivity contribution is 1.17. The summed E-state index contributed by atoms with van der Waals surface area (Å²) in [6.45, 7) is 0. The molecule has 0 saturated heterocycles. The monoisotopic (exact) mass is 230 g/mol. The van der Waals surface area contributed by atoms with Crippen LogP contribution < -0.4 is 5.32 Å². The van der Waals surface area contributed by atoms with E-state index < -0.39 is 0 Å². The van der Waals surface area contributed by atoms with Gasteiger partial charge >= 0.3 is 0 Å². The minimum absolute atomic E-state index is 0.483. The number of hydrogen-bond acceptors (Lipinski definition) is 4. The maximum Gasteiger partial charge on any atom is 0.115 e. The van der Waals surface area contributed by atoms with Crippen LogP contribution in [-0.4, -0.2) is 9.97 Å². The van der Waals surface area contributed by atoms with Crippen molar-refractivity contribution in [2.75, 3.05) is 5.32 Å². The smallest absolute Gasteiger partial charge is 0.115 e. The first kappa shape index (κ1) is 10.4. The molecule has 0 spiro atoms. The Morgan fingerprint density at radius 3 is 2.69 bits per heavy atom. The molecule has 4 nitrogen and oxygen atoms in total. The summed E-state index contributed by atoms with van der Waals surface area (Å²) in [7, 11) is 0. The van der Waals surface area contributed by atoms with Gasteiger partial charge in [-0.1, -0.05) is 11.6 Å². The lowest BCUT2D eigenvalue weighted by Gasteiger charge is -2.07. The number of aromatic nitrogens is 2. The van der Waals surface area contributed by atoms with E-state index in [9.17, 15) is 0 Å². The molecule has 0 fully saturated rings. The zero-order chi connectivity index (χ0) is 11.4. The number of nitrogens with one attached hydrogen (secondary N) is 1. The van der Waals surface area contributed by atoms with Gasteiger partial charge in [-0.3, -0.25) is 0 Å². The standard InChI is InChI=1S/C11H7ClN4/c12-9-1-2-11(8(3-9)4-13)16-10-5-14-7-15-6-10/h1-3,5-7,16H. The van der Waals surface area contributed by atoms with E-state index in [0.29, 0.717) is 16.3 Å². The summed E-state index contributed by atoms with van der Waals surface area (Å²) in [6, 6.07) is 7.13. The molecule has 0 atom stereocenters. The summed E-state index contributed by atoms with van der Waals surface area (Å²) in [5, 5.41) is 12.5. The van der Waals surface area contributed by atoms with Gasteiger partial charge in [0, 0.05) is 5.02 Å². The third-order valence-corrected chi connectivity index (χ3v) is 2.18. The Morgan fingerprint density at radius 2 is 2.00 bits per heavy atom. The van der Waals surface area contributed by atoms with E-state index in [1.54, 1.807) is 30.6 Å². The highest BCUT2D eigenvalue weighted by molar-refractivity contribution is 6.30. The van der Waals surface area contributed by atoms with Crippen molar-refractivity contribution in [2.45, 2.75) is 0 Å². The first-order valence-electron chi connectivity index (χ1n) is 4.51. The zero-order valence-electron chi connectivity index (χ0n) is 8.18. The summed E-state index contributed by atoms with van der Waals surface area (Å²) in [5.41, 5.74) is 1.89. The van der Waals surface area contributed by atoms with E-state index in [-0.39, 0.29) is 0 Å². The Bertz CT molecular complexity index is 533. The molecule has 0 aliphatic rings. The number of anilines is 2. The third-order valence-electron chi connectivity index (χ3n) is 1.94. The molecule has 16 heavy (non-hydrogen) atoms. The summed E-state index contributed by atoms with van der Waals surface area (Å²) in [5.74, 6) is 0. The van der Waals surface area contributed by atoms with Gasteiger partial charge < -0.3 is 5.32 Å². The van der Waals surface area contributed by atoms with Gasteiger partial charge in [-0.05, 0) is 18.2 Å². The van der Waals surface area contributed by atoms with E-state index in [4.69, 9.17) is 16.9 Å². The van der Waals surface area contributed by atoms with E-state index in [0.717, 1.165) is 5.69 Å². The molecule has 5 heteroatoms. The van der Waals surface area contributed by atoms with Crippen LogP contribution in [0.25, 0.3) is 0 Å². The number of rotatable bonds is 2. The second-order valence-electron chi connectivity index (χ2n) is 3.05. The number of nitriles is 1. The second kappa shape index (κ2) is 4.60. The molecule has 0 saturated carbocycles. The average molecular weight is 231 g/mol. The van der Waals surface area contributed by atoms with Crippen LogP contribution in [0, 0.1) is 11.3 Å². The molecule has 0 unspecified atom stereocenters. The second-order valence-corrected chi connectivity index (χ2v) is 3.49. The molecule has 0 aliphatic heterocycles. The number of halogens is 1. The Hall–Kier alpha value is -2.12. The minimum Gasteiger partial charge on any atom is -0.352 e. The number of hydrogen-bond donors (Lipinski definition) is 1. The van der Waals surface area contributed by atoms with E-state index in [1.807, 2.05) is 0 Å². The van der Waals surface area contributed by atoms with Gasteiger partial charge in [-0.25, -0.2) is 9.97 Å². The average Bonchev–Trinajstić information content (AvgIpc) is 2.33. The predicted octanol–water partition coefficient (Wildman–Crippen LogP) is 2.75. The molecule has 1 heterocycles. The molecule has 1 aromatic heterocycles. The molecule has 0 bridgehead atoms. The molecule has 1 aromatic carbocycles. The molecule has 0 aliphatic carbocycles. The van der Waals surface area contributed by atoms with Crippen molar-refractivity contribution in [1.29, 1.82) is 5.26 Å². The highest BCUT2D eigenvalue weighted by Crippen LogP contribution is 2.22. The molecular weight excluding hydrogens is 224 g/mol. The van der Waals surface area contributed by atoms with Crippen LogP contribution in [0.4, 0.5) is 11.4 Å². The van der Waals surface area contributed by atoms with Crippen LogP contribution in [0.1, 0.15) is 5.56 Å². The van der Waals surface area contributed by atoms with Crippen LogP contribution in [0.3, 0.4) is 0 Å². The Morgan fingerprint density at radius 1 is 1.25 bits per heavy atom. The molecule has 2 aromatic rings. The van der Waals surface area contributed by atoms with Crippen molar-refractivity contribution >= 4 is 23.0 Å². The molecule has 2 rings (SSSR count). The van der Waals surface area contributed by atoms with Crippen molar-refractivity contribution in [3.05, 3.63) is 47.5 Å². The molecular formula is C11H7ClN4. The molecule has 0 radical (unpaired) electrons. The lowest BCUT2D eigenvalue weighted by atomic mass is 10.2. The molecule has 0 amide bonds. The van der Waals surface area contributed by atoms with Crippen LogP contribution in [0.2, 0.25) is 5.02 Å². The van der Waals surface area contributed by atoms with Crippen LogP contribution in [0.15, 0.2) is 36.9 Å². The van der Waals surface area contributed by atoms with E-state index in [1.165, 1.54) is 6.33 Å². The predicted molar refractivity (Wildman–Crippen MR) is 61.5 cm³/mol. The van der Waals surface area contributed by atoms with Crippen LogP contribution in [0.5, 0.6) is 0 Å². The van der Waals surface area contributed by atoms with Crippen molar-refractivity contribution in [1.82, 2.24) is 9.97 Å². The molecule has 1 N–H and O–H groups in total. The summed E-state index contributed by atoms with van der Waals surface area (Å²) >= 11 is 5.79. The van der Waals surface area contributed by atoms with Crippen molar-refractivity contribution in [2.24, 2.45) is 0 Å². The van der Waals surface area contributed by atoms with Crippen molar-refractivity contribution in [3.63, 3.8) is 0 Å². The maximum atomic E-state index is 8.94. The van der Waals surface area contributed by atoms with Gasteiger partial charge in [0.1, 0.15) is 12.4 Å². The highest BCUT2D eigenvalue weighted by Gasteiger charge is 2.03. The van der Waals surface area contributed by atoms with Crippen LogP contribution >= 0.6 is 11.6 Å². The fourth-order valence-electron chi connectivity index (χ4n) is 1.24. The SMILES string of the molecule is N#Cc1cc(Cl)ccc1Nc1cncnc1. The number of benzene rings is 1. The number of nitrogens with zero attached hydrogens (tertiary/aromatic N) is 3. The van der Waals surface area contributed by atoms with E-state index in [2.05, 4.69) is 21.4 Å². The van der Waals surface area contributed by atoms with Gasteiger partial charge in [-0.15, -0.1) is 0 Å². The summed E-state index contributed by atoms with van der Waals surface area (Å²) in [6.07, 6.45) is 4.70. The maximum absolute atomic E-state index is 8.94. The Kier molecular flexibility index (Phi) is 2.99. The Balaban J connectivity index is 2.32. The normalized spacial score (nSPS) is 9.50. The topological polar surface area (TPSA) is 61.6 Å². The largest absolute Gasteiger partial charge is 0.352 e. The lowest BCUT2D eigenvalue weighted by Crippen LogP contribution is -1.94. The van der Waals surface area contributed by atoms with Crippen molar-refractivity contribution < 1.29 is 0 Å². The quantitative estimate of drug-likeness (QED) is 0.862. The van der Waals surface area contributed by atoms with Gasteiger partial charge in [-0.2, -0.15) is 5.26 Å². The van der Waals surface area contributed by atoms with Gasteiger partial charge in [0.2, 0.25) is 0 Å². The highest BCUT2D eigenvalue weighted by atomic mass is 35.5. The van der Waals surface area contributed by atoms with Crippen LogP contribution in [-0.2, 0) is 0 Å². The van der Waals surface area contributed by atoms with Gasteiger partial charge in [0.05, 0.1) is 29.3 Å². The fraction of sp³-hybridized carbons (Fsp3) is 0. The van der Waals surface area contributed by atoms with Crippen molar-refractivity contribution in [3.8, 4) is 6.07 Å². The fourth-order valence-corrected chi connectivity index (χ4v) is 1.41. The third kappa shape index (κ3) is 2.27. The molecule has 78 valence electrons. The summed E-state index contributed by atoms with van der Waals surface area (Å²) < 4.78 is 0. The van der Waals surface area contributed by atoms with E-state index >= 15 is 0 Å². The van der Waals surface area contributed by atoms with Gasteiger partial charge in [0.25, 0.3) is 0 Å². The zero-order valence-corrected chi connectivity index (χ0v) is 8.94. The summed E-state index contributed by atoms with van der Waals surface area (Å²) in [4.78, 5) is 7.74. The van der Waals surface area contributed by atoms with Gasteiger partial charge in [0.15, 0.2) is 0 Å². The minimum atomic E-state index is 0.483. The Labute approximate surface area is 97.5 Å². The first-order valence-corrected chi connectivity index (χ1v) is 4.89.